The summed E-state index contributed by atoms with van der Waals surface area (Å²) in [4.78, 5) is 24.2. The van der Waals surface area contributed by atoms with E-state index in [4.69, 9.17) is 0 Å². The minimum Gasteiger partial charge on any atom is -0.378 e. The second kappa shape index (κ2) is 7.12. The number of nitro groups is 1. The number of aryl methyl sites for hydroxylation is 1. The molecule has 24 heavy (non-hydrogen) atoms. The summed E-state index contributed by atoms with van der Waals surface area (Å²) in [6.07, 6.45) is 0. The minimum atomic E-state index is -0.475. The van der Waals surface area contributed by atoms with Crippen LogP contribution in [0.15, 0.2) is 36.4 Å². The Balaban J connectivity index is 2.23. The van der Waals surface area contributed by atoms with Crippen LogP contribution in [-0.4, -0.2) is 24.8 Å². The van der Waals surface area contributed by atoms with Crippen LogP contribution in [0, 0.1) is 17.0 Å². The van der Waals surface area contributed by atoms with E-state index in [1.54, 1.807) is 12.1 Å². The second-order valence-electron chi connectivity index (χ2n) is 5.90. The largest absolute Gasteiger partial charge is 0.378 e. The summed E-state index contributed by atoms with van der Waals surface area (Å²) < 4.78 is 0. The van der Waals surface area contributed by atoms with Crippen molar-refractivity contribution in [1.82, 2.24) is 0 Å². The fraction of sp³-hybridized carbons (Fsp3) is 0.278. The lowest BCUT2D eigenvalue weighted by atomic mass is 10.1. The van der Waals surface area contributed by atoms with Gasteiger partial charge in [-0.25, -0.2) is 0 Å². The maximum atomic E-state index is 11.4. The lowest BCUT2D eigenvalue weighted by Crippen LogP contribution is -2.10. The molecule has 1 N–H and O–H groups in total. The van der Waals surface area contributed by atoms with E-state index in [0.29, 0.717) is 17.8 Å². The molecule has 0 aliphatic carbocycles. The van der Waals surface area contributed by atoms with Crippen LogP contribution in [0.5, 0.6) is 0 Å². The van der Waals surface area contributed by atoms with Crippen molar-refractivity contribution in [2.75, 3.05) is 24.3 Å². The van der Waals surface area contributed by atoms with Crippen LogP contribution in [0.1, 0.15) is 28.4 Å². The Morgan fingerprint density at radius 2 is 1.92 bits per heavy atom. The van der Waals surface area contributed by atoms with Crippen LogP contribution in [0.3, 0.4) is 0 Å². The zero-order valence-electron chi connectivity index (χ0n) is 14.3. The maximum absolute atomic E-state index is 11.4. The first-order valence-corrected chi connectivity index (χ1v) is 7.59. The van der Waals surface area contributed by atoms with E-state index in [1.807, 2.05) is 38.1 Å². The van der Waals surface area contributed by atoms with Crippen LogP contribution >= 0.6 is 0 Å². The molecular weight excluding hydrogens is 306 g/mol. The van der Waals surface area contributed by atoms with Crippen molar-refractivity contribution < 1.29 is 9.72 Å². The quantitative estimate of drug-likeness (QED) is 0.496. The fourth-order valence-corrected chi connectivity index (χ4v) is 2.40. The molecule has 0 atom stereocenters. The topological polar surface area (TPSA) is 75.5 Å². The zero-order chi connectivity index (χ0) is 17.9. The molecule has 0 bridgehead atoms. The van der Waals surface area contributed by atoms with E-state index in [0.717, 1.165) is 16.8 Å². The van der Waals surface area contributed by atoms with Crippen molar-refractivity contribution in [3.05, 3.63) is 63.2 Å². The van der Waals surface area contributed by atoms with Gasteiger partial charge in [-0.1, -0.05) is 6.07 Å². The first-order chi connectivity index (χ1) is 11.3. The number of nitrogens with one attached hydrogen (secondary N) is 1. The molecule has 2 aromatic rings. The lowest BCUT2D eigenvalue weighted by Gasteiger charge is -2.16. The van der Waals surface area contributed by atoms with Gasteiger partial charge in [-0.3, -0.25) is 14.9 Å². The average Bonchev–Trinajstić information content (AvgIpc) is 2.53. The number of benzene rings is 2. The van der Waals surface area contributed by atoms with Gasteiger partial charge in [0.15, 0.2) is 5.78 Å². The third-order valence-corrected chi connectivity index (χ3v) is 3.91. The number of hydrogen-bond donors (Lipinski definition) is 1. The van der Waals surface area contributed by atoms with E-state index >= 15 is 0 Å². The Morgan fingerprint density at radius 3 is 2.46 bits per heavy atom. The van der Waals surface area contributed by atoms with E-state index in [1.165, 1.54) is 13.0 Å². The first kappa shape index (κ1) is 17.5. The van der Waals surface area contributed by atoms with Crippen LogP contribution in [-0.2, 0) is 6.54 Å². The summed E-state index contributed by atoms with van der Waals surface area (Å²) in [5, 5.41) is 14.3. The maximum Gasteiger partial charge on any atom is 0.293 e. The van der Waals surface area contributed by atoms with Gasteiger partial charge in [-0.15, -0.1) is 0 Å². The second-order valence-corrected chi connectivity index (χ2v) is 5.90. The highest BCUT2D eigenvalue weighted by Gasteiger charge is 2.16. The van der Waals surface area contributed by atoms with Gasteiger partial charge in [0, 0.05) is 38.0 Å². The van der Waals surface area contributed by atoms with Gasteiger partial charge in [-0.2, -0.15) is 0 Å². The molecule has 126 valence electrons. The van der Waals surface area contributed by atoms with Crippen molar-refractivity contribution in [1.29, 1.82) is 0 Å². The average molecular weight is 327 g/mol. The number of hydrogen-bond acceptors (Lipinski definition) is 5. The number of nitro benzene ring substituents is 1. The zero-order valence-corrected chi connectivity index (χ0v) is 14.3. The first-order valence-electron chi connectivity index (χ1n) is 7.59. The molecular formula is C18H21N3O3. The molecule has 6 heteroatoms. The van der Waals surface area contributed by atoms with Crippen molar-refractivity contribution in [2.24, 2.45) is 0 Å². The molecule has 0 saturated carbocycles. The van der Waals surface area contributed by atoms with Crippen molar-refractivity contribution in [3.63, 3.8) is 0 Å². The number of nitrogens with zero attached hydrogens (tertiary/aromatic N) is 2. The van der Waals surface area contributed by atoms with Gasteiger partial charge in [0.1, 0.15) is 5.69 Å². The summed E-state index contributed by atoms with van der Waals surface area (Å²) in [6, 6.07) is 10.6. The van der Waals surface area contributed by atoms with Gasteiger partial charge in [0.05, 0.1) is 4.92 Å². The summed E-state index contributed by atoms with van der Waals surface area (Å²) in [7, 11) is 3.96. The minimum absolute atomic E-state index is 0.0923. The molecule has 0 aromatic heterocycles. The molecule has 0 aliphatic rings. The number of anilines is 2. The highest BCUT2D eigenvalue weighted by Crippen LogP contribution is 2.27. The predicted molar refractivity (Wildman–Crippen MR) is 95.9 cm³/mol. The Labute approximate surface area is 141 Å². The third-order valence-electron chi connectivity index (χ3n) is 3.91. The predicted octanol–water partition coefficient (Wildman–Crippen LogP) is 3.78. The van der Waals surface area contributed by atoms with Gasteiger partial charge in [-0.05, 0) is 49.2 Å². The summed E-state index contributed by atoms with van der Waals surface area (Å²) in [5.41, 5.74) is 3.92. The SMILES string of the molecule is CC(=O)c1ccc(NCc2ccc(N(C)C)cc2C)c([N+](=O)[O-])c1. The van der Waals surface area contributed by atoms with Gasteiger partial charge in [0.2, 0.25) is 0 Å². The lowest BCUT2D eigenvalue weighted by molar-refractivity contribution is -0.384. The Hall–Kier alpha value is -2.89. The number of carbonyl (C=O) groups is 1. The van der Waals surface area contributed by atoms with E-state index in [2.05, 4.69) is 11.4 Å². The molecule has 2 rings (SSSR count). The number of rotatable bonds is 6. The Bertz CT molecular complexity index is 785. The van der Waals surface area contributed by atoms with E-state index in [9.17, 15) is 14.9 Å². The highest BCUT2D eigenvalue weighted by molar-refractivity contribution is 5.95. The smallest absolute Gasteiger partial charge is 0.293 e. The Kier molecular flexibility index (Phi) is 5.18. The van der Waals surface area contributed by atoms with Crippen LogP contribution in [0.4, 0.5) is 17.1 Å². The number of Topliss-reactive ketones (excluding diaryl/α,β-unsaturated/α-hetero) is 1. The fourth-order valence-electron chi connectivity index (χ4n) is 2.40. The van der Waals surface area contributed by atoms with Crippen molar-refractivity contribution >= 4 is 22.8 Å². The number of carbonyl (C=O) groups excluding carboxylic acids is 1. The Morgan fingerprint density at radius 1 is 1.21 bits per heavy atom. The molecule has 0 radical (unpaired) electrons. The van der Waals surface area contributed by atoms with Crippen LogP contribution < -0.4 is 10.2 Å². The normalized spacial score (nSPS) is 10.3. The molecule has 2 aromatic carbocycles. The summed E-state index contributed by atoms with van der Waals surface area (Å²) in [6.45, 7) is 3.87. The highest BCUT2D eigenvalue weighted by atomic mass is 16.6. The molecule has 0 aliphatic heterocycles. The molecule has 0 unspecified atom stereocenters. The van der Waals surface area contributed by atoms with E-state index in [-0.39, 0.29) is 11.5 Å². The summed E-state index contributed by atoms with van der Waals surface area (Å²) in [5.74, 6) is -0.195. The summed E-state index contributed by atoms with van der Waals surface area (Å²) >= 11 is 0. The molecule has 6 nitrogen and oxygen atoms in total. The van der Waals surface area contributed by atoms with Crippen molar-refractivity contribution in [2.45, 2.75) is 20.4 Å². The van der Waals surface area contributed by atoms with Gasteiger partial charge < -0.3 is 10.2 Å². The molecule has 0 saturated heterocycles. The molecule has 0 amide bonds. The molecule has 0 fully saturated rings. The number of ketones is 1. The molecule has 0 spiro atoms. The van der Waals surface area contributed by atoms with E-state index < -0.39 is 4.92 Å². The standard InChI is InChI=1S/C18H21N3O3/c1-12-9-16(20(3)4)7-5-15(12)11-19-17-8-6-14(13(2)22)10-18(17)21(23)24/h5-10,19H,11H2,1-4H3. The van der Waals surface area contributed by atoms with Crippen molar-refractivity contribution in [3.8, 4) is 0 Å². The van der Waals surface area contributed by atoms with Crippen LogP contribution in [0.25, 0.3) is 0 Å². The van der Waals surface area contributed by atoms with Gasteiger partial charge in [0.25, 0.3) is 5.69 Å². The molecule has 0 heterocycles. The monoisotopic (exact) mass is 327 g/mol. The van der Waals surface area contributed by atoms with Gasteiger partial charge >= 0.3 is 0 Å². The third kappa shape index (κ3) is 3.90. The van der Waals surface area contributed by atoms with Crippen LogP contribution in [0.2, 0.25) is 0 Å².